The highest BCUT2D eigenvalue weighted by atomic mass is 16.3. The summed E-state index contributed by atoms with van der Waals surface area (Å²) < 4.78 is 7.15. The molecule has 10 rings (SSSR count). The number of carbonyl (C=O) groups excluding carboxylic acids is 4. The molecule has 8 heterocycles. The molecule has 0 bridgehead atoms. The third-order valence-electron chi connectivity index (χ3n) is 14.7. The molecule has 2 saturated carbocycles. The van der Waals surface area contributed by atoms with Crippen molar-refractivity contribution in [3.05, 3.63) is 116 Å². The molecule has 4 fully saturated rings. The molecule has 0 spiro atoms. The van der Waals surface area contributed by atoms with Crippen molar-refractivity contribution in [2.24, 2.45) is 49.6 Å². The first-order chi connectivity index (χ1) is 32.9. The summed E-state index contributed by atoms with van der Waals surface area (Å²) in [6, 6.07) is 5.07. The predicted molar refractivity (Wildman–Crippen MR) is 251 cm³/mol. The molecular formula is C50H62N10O8. The Bertz CT molecular complexity index is 2570. The van der Waals surface area contributed by atoms with Gasteiger partial charge < -0.3 is 48.9 Å². The van der Waals surface area contributed by atoms with Crippen molar-refractivity contribution in [2.75, 3.05) is 26.3 Å². The molecule has 6 aliphatic rings. The van der Waals surface area contributed by atoms with Crippen LogP contribution in [0.3, 0.4) is 0 Å². The van der Waals surface area contributed by atoms with E-state index in [9.17, 15) is 39.0 Å². The van der Waals surface area contributed by atoms with E-state index >= 15 is 0 Å². The average molecular weight is 931 g/mol. The number of rotatable bonds is 14. The first-order valence-electron chi connectivity index (χ1n) is 24.0. The number of carbonyl (C=O) groups is 4. The lowest BCUT2D eigenvalue weighted by atomic mass is 9.88. The molecule has 360 valence electrons. The molecule has 4 aromatic heterocycles. The Hall–Kier alpha value is -6.40. The second-order valence-corrected chi connectivity index (χ2v) is 19.2. The van der Waals surface area contributed by atoms with Crippen LogP contribution in [0.5, 0.6) is 0 Å². The van der Waals surface area contributed by atoms with Crippen LogP contribution in [-0.2, 0) is 59.2 Å². The predicted octanol–water partition coefficient (Wildman–Crippen LogP) is 1.75. The van der Waals surface area contributed by atoms with Gasteiger partial charge in [0.25, 0.3) is 11.1 Å². The number of hydrogen-bond acceptors (Lipinski definition) is 10. The Balaban J connectivity index is 0.000000170. The largest absolute Gasteiger partial charge is 0.396 e. The van der Waals surface area contributed by atoms with E-state index in [1.807, 2.05) is 73.8 Å². The minimum absolute atomic E-state index is 0.0470. The normalized spacial score (nSPS) is 25.6. The Labute approximate surface area is 394 Å². The lowest BCUT2D eigenvalue weighted by Crippen LogP contribution is -2.51. The van der Waals surface area contributed by atoms with Crippen molar-refractivity contribution < 1.29 is 29.4 Å². The molecule has 0 radical (unpaired) electrons. The van der Waals surface area contributed by atoms with Gasteiger partial charge in [-0.1, -0.05) is 24.3 Å². The molecule has 18 heteroatoms. The number of aromatic nitrogens is 6. The van der Waals surface area contributed by atoms with E-state index in [2.05, 4.69) is 20.6 Å². The third kappa shape index (κ3) is 8.67. The van der Waals surface area contributed by atoms with E-state index in [1.54, 1.807) is 55.9 Å². The highest BCUT2D eigenvalue weighted by molar-refractivity contribution is 5.92. The fourth-order valence-corrected chi connectivity index (χ4v) is 11.2. The van der Waals surface area contributed by atoms with Crippen LogP contribution in [0, 0.1) is 35.5 Å². The van der Waals surface area contributed by atoms with E-state index in [1.165, 1.54) is 0 Å². The number of amides is 4. The van der Waals surface area contributed by atoms with E-state index in [0.29, 0.717) is 50.1 Å². The van der Waals surface area contributed by atoms with Crippen LogP contribution in [0.25, 0.3) is 12.2 Å². The van der Waals surface area contributed by atoms with E-state index < -0.39 is 23.9 Å². The standard InChI is InChI=1S/2C25H31N5O4/c2*1-3-4-15-7-8-20-21-18(12-29(20)24(15)33)19(13-31)22(30(21)25(34)16-5-6-16)23(32)26-10-9-17-11-28(2)14-27-17/h2*3-4,7-8,11,14,16,18-19,21-22,31H,5-6,9-10,12-13H2,1-2H3,(H,26,32)/b4-3+;4-3-/t2*18-,19-,21+,22-/m00/s1. The van der Waals surface area contributed by atoms with E-state index in [-0.39, 0.29) is 83.7 Å². The molecule has 68 heavy (non-hydrogen) atoms. The molecule has 0 unspecified atom stereocenters. The molecule has 4 N–H and O–H groups in total. The van der Waals surface area contributed by atoms with Crippen molar-refractivity contribution in [3.8, 4) is 0 Å². The van der Waals surface area contributed by atoms with Gasteiger partial charge in [0.15, 0.2) is 0 Å². The summed E-state index contributed by atoms with van der Waals surface area (Å²) in [4.78, 5) is 91.7. The summed E-state index contributed by atoms with van der Waals surface area (Å²) in [6.45, 7) is 4.85. The summed E-state index contributed by atoms with van der Waals surface area (Å²) in [6.07, 6.45) is 18.9. The Morgan fingerprint density at radius 3 is 1.37 bits per heavy atom. The second kappa shape index (κ2) is 19.3. The highest BCUT2D eigenvalue weighted by Gasteiger charge is 2.60. The zero-order chi connectivity index (χ0) is 48.0. The van der Waals surface area contributed by atoms with Crippen LogP contribution in [0.15, 0.2) is 71.1 Å². The molecule has 4 aromatic rings. The minimum atomic E-state index is -0.754. The molecule has 0 aromatic carbocycles. The topological polar surface area (TPSA) is 219 Å². The maximum atomic E-state index is 13.4. The van der Waals surface area contributed by atoms with Crippen LogP contribution in [0.4, 0.5) is 0 Å². The average Bonchev–Trinajstić information content (AvgIpc) is 4.10. The van der Waals surface area contributed by atoms with Gasteiger partial charge in [-0.3, -0.25) is 28.8 Å². The summed E-state index contributed by atoms with van der Waals surface area (Å²) in [5, 5.41) is 26.6. The van der Waals surface area contributed by atoms with Crippen LogP contribution >= 0.6 is 0 Å². The quantitative estimate of drug-likeness (QED) is 0.144. The van der Waals surface area contributed by atoms with E-state index in [0.717, 1.165) is 48.5 Å². The van der Waals surface area contributed by atoms with Crippen molar-refractivity contribution in [3.63, 3.8) is 0 Å². The van der Waals surface area contributed by atoms with Gasteiger partial charge in [0.05, 0.1) is 36.1 Å². The van der Waals surface area contributed by atoms with Gasteiger partial charge in [-0.2, -0.15) is 0 Å². The van der Waals surface area contributed by atoms with Crippen LogP contribution in [-0.4, -0.2) is 110 Å². The third-order valence-corrected chi connectivity index (χ3v) is 14.7. The van der Waals surface area contributed by atoms with Crippen LogP contribution in [0.2, 0.25) is 0 Å². The van der Waals surface area contributed by atoms with Gasteiger partial charge in [-0.15, -0.1) is 0 Å². The van der Waals surface area contributed by atoms with Gasteiger partial charge in [-0.05, 0) is 63.8 Å². The number of nitrogens with zero attached hydrogens (tertiary/aromatic N) is 8. The van der Waals surface area contributed by atoms with Gasteiger partial charge in [-0.25, -0.2) is 9.97 Å². The maximum Gasteiger partial charge on any atom is 0.258 e. The Morgan fingerprint density at radius 2 is 1.04 bits per heavy atom. The molecule has 2 aliphatic carbocycles. The minimum Gasteiger partial charge on any atom is -0.396 e. The number of pyridine rings is 2. The highest BCUT2D eigenvalue weighted by Crippen LogP contribution is 2.52. The van der Waals surface area contributed by atoms with Gasteiger partial charge in [0, 0.05) is 137 Å². The molecule has 18 nitrogen and oxygen atoms in total. The van der Waals surface area contributed by atoms with Gasteiger partial charge >= 0.3 is 0 Å². The molecule has 2 saturated heterocycles. The summed E-state index contributed by atoms with van der Waals surface area (Å²) >= 11 is 0. The zero-order valence-electron chi connectivity index (χ0n) is 39.1. The van der Waals surface area contributed by atoms with Crippen molar-refractivity contribution in [1.82, 2.24) is 48.7 Å². The number of hydrogen-bond donors (Lipinski definition) is 4. The number of aryl methyl sites for hydroxylation is 2. The summed E-state index contributed by atoms with van der Waals surface area (Å²) in [5.41, 5.74) is 4.24. The van der Waals surface area contributed by atoms with Crippen molar-refractivity contribution >= 4 is 35.8 Å². The summed E-state index contributed by atoms with van der Waals surface area (Å²) in [7, 11) is 3.79. The summed E-state index contributed by atoms with van der Waals surface area (Å²) in [5.74, 6) is -2.01. The lowest BCUT2D eigenvalue weighted by molar-refractivity contribution is -0.142. The van der Waals surface area contributed by atoms with Gasteiger partial charge in [0.1, 0.15) is 12.1 Å². The first kappa shape index (κ1) is 46.7. The Morgan fingerprint density at radius 1 is 0.647 bits per heavy atom. The van der Waals surface area contributed by atoms with E-state index in [4.69, 9.17) is 0 Å². The van der Waals surface area contributed by atoms with Crippen molar-refractivity contribution in [2.45, 2.75) is 89.6 Å². The molecule has 4 amide bonds. The SMILES string of the molecule is C/C=C/c1ccc2n(c1=O)C[C@H]1[C@H](CO)[C@@H](C(=O)NCCc3cn(C)cn3)N(C(=O)C3CC3)[C@@H]21.C/C=C\c1ccc2n(c1=O)C[C@H]1[C@H](CO)[C@@H](C(=O)NCCc3cn(C)cn3)N(C(=O)C3CC3)[C@@H]21. The van der Waals surface area contributed by atoms with Crippen LogP contribution < -0.4 is 21.8 Å². The number of likely N-dealkylation sites (tertiary alicyclic amines) is 2. The van der Waals surface area contributed by atoms with Crippen LogP contribution in [0.1, 0.15) is 85.5 Å². The first-order valence-corrected chi connectivity index (χ1v) is 24.0. The number of aliphatic hydroxyl groups excluding tert-OH is 2. The number of imidazole rings is 2. The monoisotopic (exact) mass is 930 g/mol. The smallest absolute Gasteiger partial charge is 0.258 e. The van der Waals surface area contributed by atoms with Gasteiger partial charge in [0.2, 0.25) is 23.6 Å². The second-order valence-electron chi connectivity index (χ2n) is 19.2. The number of nitrogens with one attached hydrogen (secondary N) is 2. The fraction of sp³-hybridized carbons (Fsp3) is 0.520. The lowest BCUT2D eigenvalue weighted by Gasteiger charge is -2.31. The molecule has 8 atom stereocenters. The maximum absolute atomic E-state index is 13.4. The molecule has 4 aliphatic heterocycles. The number of fused-ring (bicyclic) bond motifs is 6. The zero-order valence-corrected chi connectivity index (χ0v) is 39.1. The molecular weight excluding hydrogens is 869 g/mol. The number of allylic oxidation sites excluding steroid dienone is 2. The number of aliphatic hydroxyl groups is 2. The fourth-order valence-electron chi connectivity index (χ4n) is 11.2. The Kier molecular flexibility index (Phi) is 13.3. The van der Waals surface area contributed by atoms with Crippen molar-refractivity contribution in [1.29, 1.82) is 0 Å².